The normalized spacial score (nSPS) is 31.8. The molecule has 1 N–H and O–H groups in total. The second-order valence-corrected chi connectivity index (χ2v) is 6.73. The molecule has 1 spiro atoms. The van der Waals surface area contributed by atoms with Gasteiger partial charge in [-0.3, -0.25) is 4.90 Å². The van der Waals surface area contributed by atoms with Crippen LogP contribution < -0.4 is 0 Å². The van der Waals surface area contributed by atoms with Crippen molar-refractivity contribution in [1.29, 1.82) is 0 Å². The Morgan fingerprint density at radius 2 is 1.61 bits per heavy atom. The summed E-state index contributed by atoms with van der Waals surface area (Å²) in [5, 5.41) is 10.7. The third-order valence-electron chi connectivity index (χ3n) is 5.14. The fraction of sp³-hybridized carbons (Fsp3) is 1.00. The summed E-state index contributed by atoms with van der Waals surface area (Å²) in [6.07, 6.45) is 10.8. The Labute approximate surface area is 110 Å². The molecule has 0 aromatic carbocycles. The number of rotatable bonds is 2. The van der Waals surface area contributed by atoms with Crippen LogP contribution in [-0.2, 0) is 4.74 Å². The van der Waals surface area contributed by atoms with Crippen LogP contribution in [0.25, 0.3) is 0 Å². The molecule has 2 aliphatic carbocycles. The third-order valence-corrected chi connectivity index (χ3v) is 5.14. The SMILES string of the molecule is OC1(CN2CCOC3(CCCC3)C2)CCCCC1. The predicted octanol–water partition coefficient (Wildman–Crippen LogP) is 2.33. The van der Waals surface area contributed by atoms with Gasteiger partial charge in [0.1, 0.15) is 0 Å². The van der Waals surface area contributed by atoms with Gasteiger partial charge in [-0.25, -0.2) is 0 Å². The van der Waals surface area contributed by atoms with Crippen LogP contribution in [0.3, 0.4) is 0 Å². The Morgan fingerprint density at radius 3 is 2.33 bits per heavy atom. The Kier molecular flexibility index (Phi) is 3.65. The molecule has 1 aliphatic heterocycles. The molecular formula is C15H27NO2. The molecule has 0 aromatic rings. The van der Waals surface area contributed by atoms with Crippen LogP contribution in [0.4, 0.5) is 0 Å². The fourth-order valence-corrected chi connectivity index (χ4v) is 4.16. The lowest BCUT2D eigenvalue weighted by molar-refractivity contribution is -0.124. The van der Waals surface area contributed by atoms with Crippen molar-refractivity contribution in [2.45, 2.75) is 69.0 Å². The van der Waals surface area contributed by atoms with Crippen LogP contribution >= 0.6 is 0 Å². The maximum Gasteiger partial charge on any atom is 0.0809 e. The first-order valence-corrected chi connectivity index (χ1v) is 7.79. The molecule has 18 heavy (non-hydrogen) atoms. The summed E-state index contributed by atoms with van der Waals surface area (Å²) in [4.78, 5) is 2.47. The Morgan fingerprint density at radius 1 is 0.944 bits per heavy atom. The van der Waals surface area contributed by atoms with Crippen molar-refractivity contribution in [1.82, 2.24) is 4.90 Å². The number of β-amino-alcohol motifs (C(OH)–C–C–N with tert-alkyl or cyclic N) is 1. The zero-order chi connectivity index (χ0) is 12.5. The first-order valence-electron chi connectivity index (χ1n) is 7.79. The number of hydrogen-bond acceptors (Lipinski definition) is 3. The lowest BCUT2D eigenvalue weighted by Gasteiger charge is -2.44. The molecule has 1 heterocycles. The van der Waals surface area contributed by atoms with E-state index >= 15 is 0 Å². The maximum atomic E-state index is 10.7. The van der Waals surface area contributed by atoms with E-state index in [-0.39, 0.29) is 5.60 Å². The quantitative estimate of drug-likeness (QED) is 0.820. The van der Waals surface area contributed by atoms with Gasteiger partial charge in [0.15, 0.2) is 0 Å². The molecule has 0 bridgehead atoms. The van der Waals surface area contributed by atoms with Gasteiger partial charge in [0, 0.05) is 19.6 Å². The van der Waals surface area contributed by atoms with Crippen molar-refractivity contribution < 1.29 is 9.84 Å². The van der Waals surface area contributed by atoms with Crippen molar-refractivity contribution in [3.8, 4) is 0 Å². The second kappa shape index (κ2) is 5.10. The molecule has 2 saturated carbocycles. The molecular weight excluding hydrogens is 226 g/mol. The van der Waals surface area contributed by atoms with E-state index in [0.717, 1.165) is 39.1 Å². The van der Waals surface area contributed by atoms with E-state index < -0.39 is 5.60 Å². The van der Waals surface area contributed by atoms with E-state index in [2.05, 4.69) is 4.90 Å². The summed E-state index contributed by atoms with van der Waals surface area (Å²) in [6.45, 7) is 3.79. The summed E-state index contributed by atoms with van der Waals surface area (Å²) in [5.74, 6) is 0. The van der Waals surface area contributed by atoms with E-state index in [0.29, 0.717) is 0 Å². The minimum Gasteiger partial charge on any atom is -0.389 e. The topological polar surface area (TPSA) is 32.7 Å². The minimum absolute atomic E-state index is 0.142. The average Bonchev–Trinajstić information content (AvgIpc) is 2.77. The van der Waals surface area contributed by atoms with Gasteiger partial charge in [-0.05, 0) is 25.7 Å². The number of ether oxygens (including phenoxy) is 1. The second-order valence-electron chi connectivity index (χ2n) is 6.73. The van der Waals surface area contributed by atoms with E-state index in [1.165, 1.54) is 44.9 Å². The Bertz CT molecular complexity index is 280. The zero-order valence-corrected chi connectivity index (χ0v) is 11.5. The summed E-state index contributed by atoms with van der Waals surface area (Å²) < 4.78 is 6.06. The first kappa shape index (κ1) is 12.9. The summed E-state index contributed by atoms with van der Waals surface area (Å²) in [5.41, 5.74) is -0.265. The molecule has 0 amide bonds. The molecule has 3 fully saturated rings. The van der Waals surface area contributed by atoms with Crippen molar-refractivity contribution >= 4 is 0 Å². The minimum atomic E-state index is -0.407. The van der Waals surface area contributed by atoms with Gasteiger partial charge in [0.2, 0.25) is 0 Å². The predicted molar refractivity (Wildman–Crippen MR) is 71.6 cm³/mol. The highest BCUT2D eigenvalue weighted by molar-refractivity contribution is 4.94. The Balaban J connectivity index is 1.58. The fourth-order valence-electron chi connectivity index (χ4n) is 4.16. The van der Waals surface area contributed by atoms with Crippen LogP contribution in [0.15, 0.2) is 0 Å². The highest BCUT2D eigenvalue weighted by Crippen LogP contribution is 2.37. The molecule has 0 radical (unpaired) electrons. The molecule has 0 atom stereocenters. The van der Waals surface area contributed by atoms with Crippen LogP contribution in [0, 0.1) is 0 Å². The highest BCUT2D eigenvalue weighted by Gasteiger charge is 2.41. The van der Waals surface area contributed by atoms with Gasteiger partial charge in [0.05, 0.1) is 17.8 Å². The molecule has 1 saturated heterocycles. The number of hydrogen-bond donors (Lipinski definition) is 1. The number of aliphatic hydroxyl groups is 1. The van der Waals surface area contributed by atoms with E-state index in [1.54, 1.807) is 0 Å². The van der Waals surface area contributed by atoms with Crippen molar-refractivity contribution in [3.05, 3.63) is 0 Å². The number of morpholine rings is 1. The molecule has 3 heteroatoms. The molecule has 0 aromatic heterocycles. The third kappa shape index (κ3) is 2.73. The van der Waals surface area contributed by atoms with Crippen LogP contribution in [0.1, 0.15) is 57.8 Å². The van der Waals surface area contributed by atoms with Crippen LogP contribution in [-0.4, -0.2) is 47.4 Å². The van der Waals surface area contributed by atoms with E-state index in [9.17, 15) is 5.11 Å². The van der Waals surface area contributed by atoms with Crippen molar-refractivity contribution in [3.63, 3.8) is 0 Å². The van der Waals surface area contributed by atoms with Crippen LogP contribution in [0.5, 0.6) is 0 Å². The van der Waals surface area contributed by atoms with Gasteiger partial charge in [-0.1, -0.05) is 32.1 Å². The van der Waals surface area contributed by atoms with Gasteiger partial charge >= 0.3 is 0 Å². The number of nitrogens with zero attached hydrogens (tertiary/aromatic N) is 1. The first-order chi connectivity index (χ1) is 8.70. The van der Waals surface area contributed by atoms with Crippen molar-refractivity contribution in [2.75, 3.05) is 26.2 Å². The highest BCUT2D eigenvalue weighted by atomic mass is 16.5. The van der Waals surface area contributed by atoms with E-state index in [1.807, 2.05) is 0 Å². The lowest BCUT2D eigenvalue weighted by atomic mass is 9.84. The molecule has 3 nitrogen and oxygen atoms in total. The average molecular weight is 253 g/mol. The standard InChI is InChI=1S/C15H27NO2/c17-14(6-2-1-3-7-14)12-16-10-11-18-15(13-16)8-4-5-9-15/h17H,1-13H2. The summed E-state index contributed by atoms with van der Waals surface area (Å²) >= 11 is 0. The largest absolute Gasteiger partial charge is 0.389 e. The zero-order valence-electron chi connectivity index (χ0n) is 11.5. The molecule has 104 valence electrons. The van der Waals surface area contributed by atoms with Gasteiger partial charge in [-0.15, -0.1) is 0 Å². The monoisotopic (exact) mass is 253 g/mol. The lowest BCUT2D eigenvalue weighted by Crippen LogP contribution is -2.55. The van der Waals surface area contributed by atoms with Gasteiger partial charge in [0.25, 0.3) is 0 Å². The summed E-state index contributed by atoms with van der Waals surface area (Å²) in [6, 6.07) is 0. The molecule has 3 rings (SSSR count). The Hall–Kier alpha value is -0.120. The molecule has 3 aliphatic rings. The smallest absolute Gasteiger partial charge is 0.0809 e. The van der Waals surface area contributed by atoms with Crippen LogP contribution in [0.2, 0.25) is 0 Å². The summed E-state index contributed by atoms with van der Waals surface area (Å²) in [7, 11) is 0. The van der Waals surface area contributed by atoms with E-state index in [4.69, 9.17) is 4.74 Å². The van der Waals surface area contributed by atoms with Gasteiger partial charge < -0.3 is 9.84 Å². The maximum absolute atomic E-state index is 10.7. The van der Waals surface area contributed by atoms with Crippen molar-refractivity contribution in [2.24, 2.45) is 0 Å². The van der Waals surface area contributed by atoms with Gasteiger partial charge in [-0.2, -0.15) is 0 Å². The molecule has 0 unspecified atom stereocenters.